The van der Waals surface area contributed by atoms with Crippen molar-refractivity contribution >= 4 is 11.3 Å². The van der Waals surface area contributed by atoms with Gasteiger partial charge in [0.2, 0.25) is 0 Å². The molecular weight excluding hydrogens is 276 g/mol. The van der Waals surface area contributed by atoms with Gasteiger partial charge < -0.3 is 20.5 Å². The van der Waals surface area contributed by atoms with Crippen LogP contribution in [0.25, 0.3) is 11.3 Å². The van der Waals surface area contributed by atoms with Crippen LogP contribution in [0.3, 0.4) is 0 Å². The maximum absolute atomic E-state index is 11.1. The Morgan fingerprint density at radius 1 is 1.30 bits per heavy atom. The summed E-state index contributed by atoms with van der Waals surface area (Å²) >= 11 is 1.12. The average Bonchev–Trinajstić information content (AvgIpc) is 2.90. The summed E-state index contributed by atoms with van der Waals surface area (Å²) in [6.07, 6.45) is -1.22. The van der Waals surface area contributed by atoms with E-state index in [4.69, 9.17) is 0 Å². The lowest BCUT2D eigenvalue weighted by Crippen LogP contribution is -2.23. The van der Waals surface area contributed by atoms with Gasteiger partial charge in [-0.05, 0) is 31.1 Å². The van der Waals surface area contributed by atoms with Gasteiger partial charge in [-0.25, -0.2) is 0 Å². The highest BCUT2D eigenvalue weighted by molar-refractivity contribution is 7.07. The molecule has 0 aliphatic heterocycles. The minimum absolute atomic E-state index is 0.0911. The quantitative estimate of drug-likeness (QED) is 0.643. The van der Waals surface area contributed by atoms with E-state index in [-0.39, 0.29) is 4.87 Å². The maximum Gasteiger partial charge on any atom is 0.304 e. The van der Waals surface area contributed by atoms with Gasteiger partial charge in [0.1, 0.15) is 6.10 Å². The molecule has 6 heteroatoms. The minimum Gasteiger partial charge on any atom is -0.390 e. The topological polar surface area (TPSA) is 85.3 Å². The number of thiazole rings is 1. The third kappa shape index (κ3) is 3.55. The zero-order chi connectivity index (χ0) is 14.5. The molecule has 2 unspecified atom stereocenters. The maximum atomic E-state index is 11.1. The summed E-state index contributed by atoms with van der Waals surface area (Å²) in [5.74, 6) is 0. The Labute approximate surface area is 120 Å². The minimum atomic E-state index is -0.904. The van der Waals surface area contributed by atoms with Gasteiger partial charge in [-0.1, -0.05) is 35.6 Å². The number of nitrogens with one attached hydrogen (secondary N) is 2. The molecule has 0 spiro atoms. The summed E-state index contributed by atoms with van der Waals surface area (Å²) in [5, 5.41) is 24.6. The molecule has 2 rings (SSSR count). The number of hydrogen-bond donors (Lipinski definition) is 4. The molecule has 0 aliphatic carbocycles. The van der Waals surface area contributed by atoms with Gasteiger partial charge in [-0.15, -0.1) is 0 Å². The molecule has 1 aromatic heterocycles. The number of benzene rings is 1. The molecule has 0 radical (unpaired) electrons. The van der Waals surface area contributed by atoms with Gasteiger partial charge in [0, 0.05) is 5.38 Å². The van der Waals surface area contributed by atoms with Crippen LogP contribution in [0.1, 0.15) is 18.1 Å². The summed E-state index contributed by atoms with van der Waals surface area (Å²) in [6, 6.07) is 7.17. The van der Waals surface area contributed by atoms with Gasteiger partial charge in [-0.2, -0.15) is 0 Å². The van der Waals surface area contributed by atoms with Crippen molar-refractivity contribution in [3.8, 4) is 11.3 Å². The van der Waals surface area contributed by atoms with Crippen LogP contribution in [-0.4, -0.2) is 34.9 Å². The summed E-state index contributed by atoms with van der Waals surface area (Å²) in [5.41, 5.74) is 2.30. The molecule has 0 aliphatic rings. The number of hydrogen-bond acceptors (Lipinski definition) is 5. The molecular formula is C14H18N2O3S. The van der Waals surface area contributed by atoms with E-state index in [1.807, 2.05) is 12.1 Å². The molecule has 0 fully saturated rings. The number of rotatable bonds is 6. The zero-order valence-electron chi connectivity index (χ0n) is 11.2. The van der Waals surface area contributed by atoms with E-state index < -0.39 is 12.2 Å². The molecule has 0 bridgehead atoms. The van der Waals surface area contributed by atoms with Crippen molar-refractivity contribution in [1.82, 2.24) is 10.3 Å². The van der Waals surface area contributed by atoms with Crippen molar-refractivity contribution in [3.63, 3.8) is 0 Å². The Hall–Kier alpha value is -1.47. The van der Waals surface area contributed by atoms with Crippen LogP contribution in [0.15, 0.2) is 34.4 Å². The van der Waals surface area contributed by atoms with Crippen molar-refractivity contribution in [3.05, 3.63) is 44.9 Å². The Balaban J connectivity index is 2.09. The van der Waals surface area contributed by atoms with E-state index in [0.717, 1.165) is 22.6 Å². The van der Waals surface area contributed by atoms with Gasteiger partial charge in [0.25, 0.3) is 0 Å². The van der Waals surface area contributed by atoms with Crippen molar-refractivity contribution in [2.75, 3.05) is 13.6 Å². The lowest BCUT2D eigenvalue weighted by atomic mass is 10.0. The van der Waals surface area contributed by atoms with Crippen LogP contribution >= 0.6 is 11.3 Å². The zero-order valence-corrected chi connectivity index (χ0v) is 12.0. The molecule has 20 heavy (non-hydrogen) atoms. The molecule has 0 amide bonds. The van der Waals surface area contributed by atoms with Crippen LogP contribution in [-0.2, 0) is 0 Å². The second kappa shape index (κ2) is 6.81. The van der Waals surface area contributed by atoms with E-state index in [2.05, 4.69) is 10.3 Å². The first-order valence-electron chi connectivity index (χ1n) is 6.40. The van der Waals surface area contributed by atoms with E-state index in [1.165, 1.54) is 0 Å². The summed E-state index contributed by atoms with van der Waals surface area (Å²) in [6.45, 7) is 0.645. The normalized spacial score (nSPS) is 14.2. The number of H-pyrrole nitrogens is 1. The molecule has 4 N–H and O–H groups in total. The molecule has 0 saturated carbocycles. The van der Waals surface area contributed by atoms with Crippen LogP contribution in [0, 0.1) is 0 Å². The fraction of sp³-hybridized carbons (Fsp3) is 0.357. The number of aromatic nitrogens is 1. The Kier molecular flexibility index (Phi) is 5.08. The first-order valence-corrected chi connectivity index (χ1v) is 7.28. The van der Waals surface area contributed by atoms with Crippen LogP contribution < -0.4 is 10.2 Å². The van der Waals surface area contributed by atoms with Gasteiger partial charge >= 0.3 is 4.87 Å². The van der Waals surface area contributed by atoms with Gasteiger partial charge in [-0.3, -0.25) is 4.79 Å². The Morgan fingerprint density at radius 2 is 2.00 bits per heavy atom. The summed E-state index contributed by atoms with van der Waals surface area (Å²) < 4.78 is 0. The van der Waals surface area contributed by atoms with Crippen LogP contribution in [0.4, 0.5) is 0 Å². The summed E-state index contributed by atoms with van der Waals surface area (Å²) in [4.78, 5) is 13.8. The largest absolute Gasteiger partial charge is 0.390 e. The van der Waals surface area contributed by atoms with Crippen LogP contribution in [0.5, 0.6) is 0 Å². The van der Waals surface area contributed by atoms with Crippen molar-refractivity contribution in [2.24, 2.45) is 0 Å². The molecule has 108 valence electrons. The highest BCUT2D eigenvalue weighted by Gasteiger charge is 2.17. The highest BCUT2D eigenvalue weighted by Crippen LogP contribution is 2.23. The average molecular weight is 294 g/mol. The first kappa shape index (κ1) is 14.9. The predicted molar refractivity (Wildman–Crippen MR) is 79.9 cm³/mol. The van der Waals surface area contributed by atoms with E-state index in [0.29, 0.717) is 18.5 Å². The first-order chi connectivity index (χ1) is 9.61. The molecule has 2 atom stereocenters. The molecule has 1 heterocycles. The van der Waals surface area contributed by atoms with E-state index in [1.54, 1.807) is 24.6 Å². The standard InChI is InChI=1S/C14H18N2O3S/c1-15-7-6-12(17)13(18)10-4-2-9(3-5-10)11-8-20-14(19)16-11/h2-5,8,12-13,15,17-18H,6-7H2,1H3,(H,16,19). The SMILES string of the molecule is CNCCC(O)C(O)c1ccc(-c2csc(=O)[nH]2)cc1. The van der Waals surface area contributed by atoms with E-state index >= 15 is 0 Å². The number of aromatic amines is 1. The Bertz CT molecular complexity index is 591. The predicted octanol–water partition coefficient (Wildman–Crippen LogP) is 1.11. The Morgan fingerprint density at radius 3 is 2.55 bits per heavy atom. The van der Waals surface area contributed by atoms with Gasteiger partial charge in [0.05, 0.1) is 11.8 Å². The van der Waals surface area contributed by atoms with Crippen molar-refractivity contribution in [1.29, 1.82) is 0 Å². The van der Waals surface area contributed by atoms with Gasteiger partial charge in [0.15, 0.2) is 0 Å². The molecule has 0 saturated heterocycles. The lowest BCUT2D eigenvalue weighted by Gasteiger charge is -2.18. The number of aliphatic hydroxyl groups is 2. The monoisotopic (exact) mass is 294 g/mol. The molecule has 1 aromatic carbocycles. The lowest BCUT2D eigenvalue weighted by molar-refractivity contribution is 0.0140. The fourth-order valence-corrected chi connectivity index (χ4v) is 2.54. The fourth-order valence-electron chi connectivity index (χ4n) is 1.95. The third-order valence-corrected chi connectivity index (χ3v) is 3.81. The number of aliphatic hydroxyl groups excluding tert-OH is 2. The third-order valence-electron chi connectivity index (χ3n) is 3.14. The van der Waals surface area contributed by atoms with Crippen LogP contribution in [0.2, 0.25) is 0 Å². The van der Waals surface area contributed by atoms with Crippen molar-refractivity contribution in [2.45, 2.75) is 18.6 Å². The van der Waals surface area contributed by atoms with E-state index in [9.17, 15) is 15.0 Å². The summed E-state index contributed by atoms with van der Waals surface area (Å²) in [7, 11) is 1.80. The second-order valence-electron chi connectivity index (χ2n) is 4.59. The second-order valence-corrected chi connectivity index (χ2v) is 5.43. The molecule has 2 aromatic rings. The van der Waals surface area contributed by atoms with Crippen molar-refractivity contribution < 1.29 is 10.2 Å². The molecule has 5 nitrogen and oxygen atoms in total. The smallest absolute Gasteiger partial charge is 0.304 e. The highest BCUT2D eigenvalue weighted by atomic mass is 32.1.